The molecule has 22 heavy (non-hydrogen) atoms. The van der Waals surface area contributed by atoms with E-state index in [4.69, 9.17) is 4.74 Å². The number of nitrogens with one attached hydrogen (secondary N) is 3. The van der Waals surface area contributed by atoms with E-state index < -0.39 is 0 Å². The topological polar surface area (TPSA) is 57.7 Å². The average molecular weight is 420 g/mol. The fourth-order valence-electron chi connectivity index (χ4n) is 1.76. The Hall–Kier alpha value is -1.02. The molecule has 0 radical (unpaired) electrons. The number of guanidine groups is 1. The number of hydrogen-bond donors (Lipinski definition) is 3. The first-order chi connectivity index (χ1) is 9.94. The lowest BCUT2D eigenvalue weighted by atomic mass is 10.1. The van der Waals surface area contributed by atoms with E-state index in [0.29, 0.717) is 6.61 Å². The summed E-state index contributed by atoms with van der Waals surface area (Å²) < 4.78 is 5.01. The lowest BCUT2D eigenvalue weighted by Gasteiger charge is -2.23. The number of aliphatic imine (C=N–C) groups is 1. The number of hydrogen-bond acceptors (Lipinski definition) is 3. The lowest BCUT2D eigenvalue weighted by Crippen LogP contribution is -2.47. The molecule has 0 saturated heterocycles. The summed E-state index contributed by atoms with van der Waals surface area (Å²) in [5, 5.41) is 9.95. The van der Waals surface area contributed by atoms with E-state index in [9.17, 15) is 0 Å². The Labute approximate surface area is 151 Å². The molecule has 0 spiro atoms. The number of halogens is 1. The molecule has 0 aliphatic rings. The molecular weight excluding hydrogens is 391 g/mol. The molecule has 0 heterocycles. The molecule has 0 fully saturated rings. The molecule has 1 aromatic rings. The Balaban J connectivity index is 0.00000441. The van der Waals surface area contributed by atoms with Crippen molar-refractivity contribution in [1.29, 1.82) is 0 Å². The van der Waals surface area contributed by atoms with Gasteiger partial charge in [0.25, 0.3) is 0 Å². The van der Waals surface area contributed by atoms with Crippen molar-refractivity contribution < 1.29 is 4.74 Å². The van der Waals surface area contributed by atoms with Gasteiger partial charge in [-0.1, -0.05) is 12.1 Å². The molecule has 0 aromatic heterocycles. The van der Waals surface area contributed by atoms with E-state index in [0.717, 1.165) is 24.7 Å². The van der Waals surface area contributed by atoms with Crippen LogP contribution in [-0.2, 0) is 11.3 Å². The summed E-state index contributed by atoms with van der Waals surface area (Å²) >= 11 is 0. The Bertz CT molecular complexity index is 440. The maximum absolute atomic E-state index is 5.01. The molecule has 5 nitrogen and oxygen atoms in total. The summed E-state index contributed by atoms with van der Waals surface area (Å²) in [6.07, 6.45) is 0. The summed E-state index contributed by atoms with van der Waals surface area (Å²) in [7, 11) is 3.48. The minimum atomic E-state index is -0.00301. The van der Waals surface area contributed by atoms with Gasteiger partial charge in [-0.25, -0.2) is 0 Å². The molecule has 1 rings (SSSR count). The van der Waals surface area contributed by atoms with Gasteiger partial charge in [0.15, 0.2) is 5.96 Å². The summed E-state index contributed by atoms with van der Waals surface area (Å²) in [5.41, 5.74) is 2.31. The highest BCUT2D eigenvalue weighted by atomic mass is 127. The van der Waals surface area contributed by atoms with Crippen molar-refractivity contribution in [2.75, 3.05) is 32.6 Å². The van der Waals surface area contributed by atoms with Crippen molar-refractivity contribution in [1.82, 2.24) is 10.6 Å². The van der Waals surface area contributed by atoms with Crippen LogP contribution in [0.1, 0.15) is 26.3 Å². The Kier molecular flexibility index (Phi) is 10.2. The fourth-order valence-corrected chi connectivity index (χ4v) is 1.76. The van der Waals surface area contributed by atoms with E-state index in [1.165, 1.54) is 5.56 Å². The van der Waals surface area contributed by atoms with E-state index >= 15 is 0 Å². The van der Waals surface area contributed by atoms with Gasteiger partial charge in [-0.15, -0.1) is 24.0 Å². The van der Waals surface area contributed by atoms with E-state index in [-0.39, 0.29) is 29.5 Å². The quantitative estimate of drug-likeness (QED) is 0.287. The van der Waals surface area contributed by atoms with Crippen LogP contribution in [0.25, 0.3) is 0 Å². The standard InChI is InChI=1S/C16H28N4O.HI/c1-16(2,3)20-15(17-4)19-12-13-6-8-14(9-7-13)18-10-11-21-5;/h6-9,18H,10-12H2,1-5H3,(H2,17,19,20);1H. The van der Waals surface area contributed by atoms with Gasteiger partial charge in [0, 0.05) is 38.5 Å². The van der Waals surface area contributed by atoms with E-state index in [1.54, 1.807) is 14.2 Å². The first-order valence-electron chi connectivity index (χ1n) is 7.25. The van der Waals surface area contributed by atoms with Gasteiger partial charge in [0.1, 0.15) is 0 Å². The average Bonchev–Trinajstić information content (AvgIpc) is 2.44. The van der Waals surface area contributed by atoms with Crippen LogP contribution in [0.4, 0.5) is 5.69 Å². The maximum atomic E-state index is 5.01. The summed E-state index contributed by atoms with van der Waals surface area (Å²) in [4.78, 5) is 4.22. The van der Waals surface area contributed by atoms with Crippen LogP contribution in [0.5, 0.6) is 0 Å². The largest absolute Gasteiger partial charge is 0.383 e. The van der Waals surface area contributed by atoms with Crippen molar-refractivity contribution in [2.24, 2.45) is 4.99 Å². The number of ether oxygens (including phenoxy) is 1. The number of benzene rings is 1. The maximum Gasteiger partial charge on any atom is 0.191 e. The number of methoxy groups -OCH3 is 1. The van der Waals surface area contributed by atoms with Gasteiger partial charge < -0.3 is 20.7 Å². The van der Waals surface area contributed by atoms with Crippen molar-refractivity contribution in [3.8, 4) is 0 Å². The van der Waals surface area contributed by atoms with Crippen LogP contribution in [0.15, 0.2) is 29.3 Å². The van der Waals surface area contributed by atoms with Crippen molar-refractivity contribution in [3.05, 3.63) is 29.8 Å². The molecule has 0 bridgehead atoms. The molecule has 0 atom stereocenters. The highest BCUT2D eigenvalue weighted by Crippen LogP contribution is 2.09. The SMILES string of the molecule is CN=C(NCc1ccc(NCCOC)cc1)NC(C)(C)C.I. The van der Waals surface area contributed by atoms with Crippen LogP contribution < -0.4 is 16.0 Å². The van der Waals surface area contributed by atoms with E-state index in [2.05, 4.69) is 66.0 Å². The monoisotopic (exact) mass is 420 g/mol. The zero-order valence-electron chi connectivity index (χ0n) is 14.2. The van der Waals surface area contributed by atoms with Gasteiger partial charge in [-0.05, 0) is 38.5 Å². The molecule has 6 heteroatoms. The van der Waals surface area contributed by atoms with Crippen LogP contribution in [0, 0.1) is 0 Å². The lowest BCUT2D eigenvalue weighted by molar-refractivity contribution is 0.211. The zero-order chi connectivity index (χ0) is 15.7. The third-order valence-corrected chi connectivity index (χ3v) is 2.77. The van der Waals surface area contributed by atoms with Crippen molar-refractivity contribution in [2.45, 2.75) is 32.9 Å². The summed E-state index contributed by atoms with van der Waals surface area (Å²) in [6.45, 7) is 8.60. The molecule has 0 aliphatic heterocycles. The number of anilines is 1. The molecular formula is C16H29IN4O. The van der Waals surface area contributed by atoms with Crippen LogP contribution >= 0.6 is 24.0 Å². The second-order valence-corrected chi connectivity index (χ2v) is 5.92. The number of rotatable bonds is 6. The molecule has 0 saturated carbocycles. The molecule has 3 N–H and O–H groups in total. The van der Waals surface area contributed by atoms with Gasteiger partial charge in [-0.2, -0.15) is 0 Å². The van der Waals surface area contributed by atoms with Crippen molar-refractivity contribution >= 4 is 35.6 Å². The first kappa shape index (κ1) is 21.0. The Morgan fingerprint density at radius 1 is 1.18 bits per heavy atom. The fraction of sp³-hybridized carbons (Fsp3) is 0.562. The summed E-state index contributed by atoms with van der Waals surface area (Å²) in [6, 6.07) is 8.36. The molecule has 0 unspecified atom stereocenters. The normalized spacial score (nSPS) is 11.6. The number of nitrogens with zero attached hydrogens (tertiary/aromatic N) is 1. The minimum absolute atomic E-state index is 0. The predicted octanol–water partition coefficient (Wildman–Crippen LogP) is 2.83. The molecule has 0 aliphatic carbocycles. The predicted molar refractivity (Wildman–Crippen MR) is 105 cm³/mol. The zero-order valence-corrected chi connectivity index (χ0v) is 16.5. The third kappa shape index (κ3) is 9.09. The summed E-state index contributed by atoms with van der Waals surface area (Å²) in [5.74, 6) is 0.810. The van der Waals surface area contributed by atoms with Gasteiger partial charge in [0.05, 0.1) is 6.61 Å². The van der Waals surface area contributed by atoms with Crippen molar-refractivity contribution in [3.63, 3.8) is 0 Å². The highest BCUT2D eigenvalue weighted by molar-refractivity contribution is 14.0. The highest BCUT2D eigenvalue weighted by Gasteiger charge is 2.11. The van der Waals surface area contributed by atoms with Crippen LogP contribution in [0.2, 0.25) is 0 Å². The molecule has 1 aromatic carbocycles. The minimum Gasteiger partial charge on any atom is -0.383 e. The van der Waals surface area contributed by atoms with Gasteiger partial charge in [0.2, 0.25) is 0 Å². The van der Waals surface area contributed by atoms with E-state index in [1.807, 2.05) is 0 Å². The smallest absolute Gasteiger partial charge is 0.191 e. The van der Waals surface area contributed by atoms with Gasteiger partial charge >= 0.3 is 0 Å². The van der Waals surface area contributed by atoms with Crippen LogP contribution in [0.3, 0.4) is 0 Å². The first-order valence-corrected chi connectivity index (χ1v) is 7.25. The molecule has 126 valence electrons. The second kappa shape index (κ2) is 10.7. The van der Waals surface area contributed by atoms with Crippen LogP contribution in [-0.4, -0.2) is 38.8 Å². The Morgan fingerprint density at radius 2 is 1.82 bits per heavy atom. The Morgan fingerprint density at radius 3 is 2.32 bits per heavy atom. The second-order valence-electron chi connectivity index (χ2n) is 5.92. The third-order valence-electron chi connectivity index (χ3n) is 2.77. The van der Waals surface area contributed by atoms with Gasteiger partial charge in [-0.3, -0.25) is 4.99 Å². The molecule has 0 amide bonds.